The molecule has 0 saturated heterocycles. The van der Waals surface area contributed by atoms with Gasteiger partial charge in [-0.05, 0) is 36.9 Å². The van der Waals surface area contributed by atoms with E-state index in [1.807, 2.05) is 19.1 Å². The summed E-state index contributed by atoms with van der Waals surface area (Å²) in [4.78, 5) is 14.6. The summed E-state index contributed by atoms with van der Waals surface area (Å²) >= 11 is 3.13. The van der Waals surface area contributed by atoms with Crippen LogP contribution in [0.3, 0.4) is 0 Å². The lowest BCUT2D eigenvalue weighted by Gasteiger charge is -1.99. The van der Waals surface area contributed by atoms with Crippen LogP contribution < -0.4 is 5.73 Å². The number of carbonyl (C=O) groups excluding carboxylic acids is 1. The van der Waals surface area contributed by atoms with Crippen LogP contribution in [0.4, 0.5) is 5.69 Å². The second kappa shape index (κ2) is 5.50. The van der Waals surface area contributed by atoms with Crippen molar-refractivity contribution in [2.45, 2.75) is 13.8 Å². The Labute approximate surface area is 131 Å². The molecule has 21 heavy (non-hydrogen) atoms. The van der Waals surface area contributed by atoms with Crippen molar-refractivity contribution in [1.29, 1.82) is 0 Å². The lowest BCUT2D eigenvalue weighted by atomic mass is 10.2. The van der Waals surface area contributed by atoms with Crippen molar-refractivity contribution in [3.8, 4) is 9.75 Å². The Morgan fingerprint density at radius 2 is 2.05 bits per heavy atom. The summed E-state index contributed by atoms with van der Waals surface area (Å²) in [7, 11) is 0. The third kappa shape index (κ3) is 2.43. The number of carbonyl (C=O) groups is 1. The Balaban J connectivity index is 2.10. The number of fused-ring (bicyclic) bond motifs is 1. The fourth-order valence-electron chi connectivity index (χ4n) is 2.20. The average molecular weight is 317 g/mol. The molecule has 0 amide bonds. The quantitative estimate of drug-likeness (QED) is 0.713. The molecule has 0 aliphatic heterocycles. The third-order valence-corrected chi connectivity index (χ3v) is 5.89. The number of ether oxygens (including phenoxy) is 1. The molecule has 0 fully saturated rings. The number of anilines is 1. The second-order valence-electron chi connectivity index (χ2n) is 4.67. The molecule has 0 radical (unpaired) electrons. The number of benzene rings is 1. The number of hydrogen-bond acceptors (Lipinski definition) is 5. The second-order valence-corrected chi connectivity index (χ2v) is 6.77. The molecule has 0 aliphatic carbocycles. The van der Waals surface area contributed by atoms with Crippen molar-refractivity contribution < 1.29 is 9.53 Å². The molecule has 108 valence electrons. The summed E-state index contributed by atoms with van der Waals surface area (Å²) in [5.41, 5.74) is 7.57. The van der Waals surface area contributed by atoms with Gasteiger partial charge in [0.25, 0.3) is 0 Å². The maximum Gasteiger partial charge on any atom is 0.350 e. The van der Waals surface area contributed by atoms with E-state index in [-0.39, 0.29) is 5.97 Å². The van der Waals surface area contributed by atoms with Gasteiger partial charge in [0.1, 0.15) is 4.88 Å². The first kappa shape index (κ1) is 14.1. The summed E-state index contributed by atoms with van der Waals surface area (Å²) < 4.78 is 6.30. The van der Waals surface area contributed by atoms with Crippen LogP contribution in [0, 0.1) is 6.92 Å². The van der Waals surface area contributed by atoms with Crippen molar-refractivity contribution in [3.63, 3.8) is 0 Å². The summed E-state index contributed by atoms with van der Waals surface area (Å²) in [6, 6.07) is 10.4. The summed E-state index contributed by atoms with van der Waals surface area (Å²) in [5.74, 6) is -0.338. The topological polar surface area (TPSA) is 52.3 Å². The zero-order valence-electron chi connectivity index (χ0n) is 11.8. The first-order valence-corrected chi connectivity index (χ1v) is 8.30. The van der Waals surface area contributed by atoms with Crippen LogP contribution in [-0.4, -0.2) is 12.6 Å². The van der Waals surface area contributed by atoms with E-state index in [1.165, 1.54) is 21.4 Å². The van der Waals surface area contributed by atoms with E-state index in [2.05, 4.69) is 18.2 Å². The van der Waals surface area contributed by atoms with Crippen molar-refractivity contribution in [1.82, 2.24) is 0 Å². The van der Waals surface area contributed by atoms with E-state index < -0.39 is 0 Å². The highest BCUT2D eigenvalue weighted by Gasteiger charge is 2.21. The number of thiophene rings is 2. The van der Waals surface area contributed by atoms with E-state index in [0.717, 1.165) is 15.3 Å². The number of hydrogen-bond donors (Lipinski definition) is 1. The van der Waals surface area contributed by atoms with Crippen molar-refractivity contribution >= 4 is 44.4 Å². The number of nitrogen functional groups attached to an aromatic ring is 1. The van der Waals surface area contributed by atoms with E-state index >= 15 is 0 Å². The van der Waals surface area contributed by atoms with Crippen LogP contribution in [0.15, 0.2) is 30.3 Å². The fourth-order valence-corrected chi connectivity index (χ4v) is 4.55. The molecule has 5 heteroatoms. The molecule has 2 aromatic heterocycles. The first-order chi connectivity index (χ1) is 10.1. The van der Waals surface area contributed by atoms with Gasteiger partial charge in [-0.25, -0.2) is 4.79 Å². The summed E-state index contributed by atoms with van der Waals surface area (Å²) in [6.07, 6.45) is 0. The molecule has 3 aromatic rings. The summed E-state index contributed by atoms with van der Waals surface area (Å²) in [5, 5.41) is 1.21. The van der Waals surface area contributed by atoms with Gasteiger partial charge in [0.2, 0.25) is 0 Å². The Kier molecular flexibility index (Phi) is 3.69. The zero-order valence-corrected chi connectivity index (χ0v) is 13.4. The van der Waals surface area contributed by atoms with Crippen LogP contribution in [0.25, 0.3) is 19.8 Å². The molecule has 2 heterocycles. The summed E-state index contributed by atoms with van der Waals surface area (Å²) in [6.45, 7) is 4.10. The molecule has 0 atom stereocenters. The van der Waals surface area contributed by atoms with Crippen LogP contribution in [0.5, 0.6) is 0 Å². The smallest absolute Gasteiger partial charge is 0.350 e. The standard InChI is InChI=1S/C16H15NO2S2/c1-3-19-16(18)15-13(17)9(2)14(21-15)12-8-10-6-4-5-7-11(10)20-12/h4-8H,3,17H2,1-2H3. The zero-order chi connectivity index (χ0) is 15.0. The Bertz CT molecular complexity index is 784. The molecule has 0 spiro atoms. The molecule has 0 unspecified atom stereocenters. The number of esters is 1. The Hall–Kier alpha value is -1.85. The molecular formula is C16H15NO2S2. The molecule has 2 N–H and O–H groups in total. The highest BCUT2D eigenvalue weighted by molar-refractivity contribution is 7.26. The van der Waals surface area contributed by atoms with Crippen molar-refractivity contribution in [2.24, 2.45) is 0 Å². The molecule has 0 saturated carbocycles. The fraction of sp³-hybridized carbons (Fsp3) is 0.188. The lowest BCUT2D eigenvalue weighted by molar-refractivity contribution is 0.0533. The minimum atomic E-state index is -0.338. The van der Waals surface area contributed by atoms with Gasteiger partial charge >= 0.3 is 5.97 Å². The van der Waals surface area contributed by atoms with E-state index in [0.29, 0.717) is 17.2 Å². The molecule has 1 aromatic carbocycles. The van der Waals surface area contributed by atoms with Crippen LogP contribution in [-0.2, 0) is 4.74 Å². The molecule has 3 rings (SSSR count). The third-order valence-electron chi connectivity index (χ3n) is 3.30. The van der Waals surface area contributed by atoms with Gasteiger partial charge < -0.3 is 10.5 Å². The van der Waals surface area contributed by atoms with Gasteiger partial charge in [-0.1, -0.05) is 18.2 Å². The minimum absolute atomic E-state index is 0.338. The molecule has 0 bridgehead atoms. The SMILES string of the molecule is CCOC(=O)c1sc(-c2cc3ccccc3s2)c(C)c1N. The lowest BCUT2D eigenvalue weighted by Crippen LogP contribution is -2.05. The predicted octanol–water partition coefficient (Wildman–Crippen LogP) is 4.70. The Morgan fingerprint density at radius 3 is 2.76 bits per heavy atom. The average Bonchev–Trinajstić information content (AvgIpc) is 3.02. The van der Waals surface area contributed by atoms with Gasteiger partial charge in [-0.15, -0.1) is 22.7 Å². The van der Waals surface area contributed by atoms with Gasteiger partial charge in [-0.3, -0.25) is 0 Å². The maximum absolute atomic E-state index is 11.9. The maximum atomic E-state index is 11.9. The first-order valence-electron chi connectivity index (χ1n) is 6.66. The van der Waals surface area contributed by atoms with E-state index in [1.54, 1.807) is 18.3 Å². The highest BCUT2D eigenvalue weighted by atomic mass is 32.1. The monoisotopic (exact) mass is 317 g/mol. The van der Waals surface area contributed by atoms with E-state index in [9.17, 15) is 4.79 Å². The van der Waals surface area contributed by atoms with Crippen molar-refractivity contribution in [3.05, 3.63) is 40.8 Å². The highest BCUT2D eigenvalue weighted by Crippen LogP contribution is 2.43. The van der Waals surface area contributed by atoms with Crippen molar-refractivity contribution in [2.75, 3.05) is 12.3 Å². The van der Waals surface area contributed by atoms with Gasteiger partial charge in [0.05, 0.1) is 17.2 Å². The molecule has 0 aliphatic rings. The van der Waals surface area contributed by atoms with Crippen LogP contribution >= 0.6 is 22.7 Å². The normalized spacial score (nSPS) is 11.0. The predicted molar refractivity (Wildman–Crippen MR) is 90.2 cm³/mol. The van der Waals surface area contributed by atoms with Gasteiger partial charge in [0, 0.05) is 9.58 Å². The minimum Gasteiger partial charge on any atom is -0.462 e. The van der Waals surface area contributed by atoms with Gasteiger partial charge in [0.15, 0.2) is 0 Å². The number of rotatable bonds is 3. The largest absolute Gasteiger partial charge is 0.462 e. The Morgan fingerprint density at radius 1 is 1.29 bits per heavy atom. The molecular weight excluding hydrogens is 302 g/mol. The van der Waals surface area contributed by atoms with Gasteiger partial charge in [-0.2, -0.15) is 0 Å². The van der Waals surface area contributed by atoms with Crippen LogP contribution in [0.2, 0.25) is 0 Å². The molecule has 3 nitrogen and oxygen atoms in total. The van der Waals surface area contributed by atoms with Crippen LogP contribution in [0.1, 0.15) is 22.2 Å². The number of nitrogens with two attached hydrogens (primary N) is 1. The van der Waals surface area contributed by atoms with E-state index in [4.69, 9.17) is 10.5 Å².